The summed E-state index contributed by atoms with van der Waals surface area (Å²) in [6.45, 7) is 1.85. The minimum absolute atomic E-state index is 0.161. The second kappa shape index (κ2) is 7.63. The minimum Gasteiger partial charge on any atom is -0.391 e. The van der Waals surface area contributed by atoms with Gasteiger partial charge in [-0.2, -0.15) is 5.26 Å². The number of nitriles is 1. The fraction of sp³-hybridized carbons (Fsp3) is 0.440. The lowest BCUT2D eigenvalue weighted by molar-refractivity contribution is -0.0449. The standard InChI is InChI=1S/C25H26N4O3/c1-16-4-2-7-21(27-16)32-23(31)29-25-12-18-8-19(13-25)11-24(10-18,15-25)28-22(30)20-6-3-5-17(9-20)14-26/h2-7,9,18-19H,8,10-13,15H2,1H3,(H,28,30)(H,29,31). The number of pyridine rings is 1. The van der Waals surface area contributed by atoms with E-state index in [4.69, 9.17) is 10.00 Å². The lowest BCUT2D eigenvalue weighted by Gasteiger charge is -2.62. The summed E-state index contributed by atoms with van der Waals surface area (Å²) >= 11 is 0. The van der Waals surface area contributed by atoms with Crippen LogP contribution in [0.4, 0.5) is 4.79 Å². The third kappa shape index (κ3) is 3.93. The molecule has 4 aliphatic carbocycles. The van der Waals surface area contributed by atoms with Gasteiger partial charge in [-0.15, -0.1) is 0 Å². The molecule has 2 aromatic rings. The van der Waals surface area contributed by atoms with Gasteiger partial charge >= 0.3 is 6.09 Å². The van der Waals surface area contributed by atoms with Gasteiger partial charge in [-0.25, -0.2) is 9.78 Å². The van der Waals surface area contributed by atoms with Crippen molar-refractivity contribution in [1.29, 1.82) is 5.26 Å². The molecule has 0 radical (unpaired) electrons. The summed E-state index contributed by atoms with van der Waals surface area (Å²) in [4.78, 5) is 30.0. The zero-order valence-electron chi connectivity index (χ0n) is 18.1. The highest BCUT2D eigenvalue weighted by Gasteiger charge is 2.59. The Morgan fingerprint density at radius 1 is 1.06 bits per heavy atom. The summed E-state index contributed by atoms with van der Waals surface area (Å²) in [5.41, 5.74) is 1.01. The van der Waals surface area contributed by atoms with Crippen LogP contribution >= 0.6 is 0 Å². The van der Waals surface area contributed by atoms with E-state index in [1.165, 1.54) is 0 Å². The maximum absolute atomic E-state index is 13.1. The van der Waals surface area contributed by atoms with E-state index in [-0.39, 0.29) is 22.9 Å². The van der Waals surface area contributed by atoms with Gasteiger partial charge < -0.3 is 15.4 Å². The first-order valence-corrected chi connectivity index (χ1v) is 11.1. The van der Waals surface area contributed by atoms with E-state index < -0.39 is 6.09 Å². The molecule has 2 atom stereocenters. The Hall–Kier alpha value is -3.40. The molecule has 7 heteroatoms. The van der Waals surface area contributed by atoms with Crippen LogP contribution in [-0.2, 0) is 0 Å². The fourth-order valence-corrected chi connectivity index (χ4v) is 6.51. The Morgan fingerprint density at radius 3 is 2.44 bits per heavy atom. The number of benzene rings is 1. The minimum atomic E-state index is -0.492. The number of hydrogen-bond acceptors (Lipinski definition) is 5. The van der Waals surface area contributed by atoms with E-state index >= 15 is 0 Å². The van der Waals surface area contributed by atoms with Crippen molar-refractivity contribution in [2.45, 2.75) is 56.5 Å². The van der Waals surface area contributed by atoms with Gasteiger partial charge in [0.05, 0.1) is 11.6 Å². The van der Waals surface area contributed by atoms with Crippen LogP contribution in [0.15, 0.2) is 42.5 Å². The number of nitrogens with zero attached hydrogens (tertiary/aromatic N) is 2. The molecular weight excluding hydrogens is 404 g/mol. The second-order valence-corrected chi connectivity index (χ2v) is 9.80. The number of rotatable bonds is 4. The molecule has 2 N–H and O–H groups in total. The Balaban J connectivity index is 1.33. The molecule has 32 heavy (non-hydrogen) atoms. The van der Waals surface area contributed by atoms with Crippen LogP contribution in [0.1, 0.15) is 60.1 Å². The van der Waals surface area contributed by atoms with E-state index in [0.29, 0.717) is 29.4 Å². The zero-order chi connectivity index (χ0) is 22.3. The van der Waals surface area contributed by atoms with Crippen LogP contribution in [0.5, 0.6) is 5.88 Å². The quantitative estimate of drug-likeness (QED) is 0.766. The normalized spacial score (nSPS) is 29.8. The Kier molecular flexibility index (Phi) is 4.89. The van der Waals surface area contributed by atoms with Gasteiger partial charge in [-0.3, -0.25) is 4.79 Å². The first-order chi connectivity index (χ1) is 15.4. The number of ether oxygens (including phenoxy) is 1. The largest absolute Gasteiger partial charge is 0.414 e. The molecule has 4 fully saturated rings. The number of aromatic nitrogens is 1. The van der Waals surface area contributed by atoms with Crippen LogP contribution < -0.4 is 15.4 Å². The van der Waals surface area contributed by atoms with Crippen molar-refractivity contribution in [2.75, 3.05) is 0 Å². The average Bonchev–Trinajstić information content (AvgIpc) is 2.72. The predicted octanol–water partition coefficient (Wildman–Crippen LogP) is 3.87. The van der Waals surface area contributed by atoms with Gasteiger partial charge in [0.1, 0.15) is 0 Å². The molecule has 7 nitrogen and oxygen atoms in total. The molecule has 6 rings (SSSR count). The van der Waals surface area contributed by atoms with Crippen molar-refractivity contribution in [2.24, 2.45) is 11.8 Å². The molecule has 2 amide bonds. The Morgan fingerprint density at radius 2 is 1.75 bits per heavy atom. The predicted molar refractivity (Wildman–Crippen MR) is 117 cm³/mol. The molecule has 1 aromatic carbocycles. The molecule has 4 saturated carbocycles. The lowest BCUT2D eigenvalue weighted by Crippen LogP contribution is -2.70. The molecule has 0 aliphatic heterocycles. The molecule has 4 aliphatic rings. The van der Waals surface area contributed by atoms with Gasteiger partial charge in [0.2, 0.25) is 5.88 Å². The number of hydrogen-bond donors (Lipinski definition) is 2. The van der Waals surface area contributed by atoms with Crippen molar-refractivity contribution < 1.29 is 14.3 Å². The van der Waals surface area contributed by atoms with E-state index in [0.717, 1.165) is 37.8 Å². The van der Waals surface area contributed by atoms with Crippen molar-refractivity contribution in [1.82, 2.24) is 15.6 Å². The van der Waals surface area contributed by atoms with Crippen LogP contribution in [0, 0.1) is 30.1 Å². The van der Waals surface area contributed by atoms with Crippen LogP contribution in [0.3, 0.4) is 0 Å². The third-order valence-electron chi connectivity index (χ3n) is 7.12. The first-order valence-electron chi connectivity index (χ1n) is 11.1. The molecular formula is C25H26N4O3. The number of aryl methyl sites for hydroxylation is 1. The highest BCUT2D eigenvalue weighted by atomic mass is 16.6. The highest BCUT2D eigenvalue weighted by molar-refractivity contribution is 5.95. The number of carbonyl (C=O) groups is 2. The topological polar surface area (TPSA) is 104 Å². The molecule has 0 spiro atoms. The van der Waals surface area contributed by atoms with Crippen molar-refractivity contribution in [3.63, 3.8) is 0 Å². The molecule has 0 saturated heterocycles. The van der Waals surface area contributed by atoms with E-state index in [1.54, 1.807) is 30.3 Å². The lowest BCUT2D eigenvalue weighted by atomic mass is 9.50. The average molecular weight is 431 g/mol. The van der Waals surface area contributed by atoms with Gasteiger partial charge in [0.15, 0.2) is 0 Å². The van der Waals surface area contributed by atoms with Crippen LogP contribution in [0.2, 0.25) is 0 Å². The second-order valence-electron chi connectivity index (χ2n) is 9.80. The van der Waals surface area contributed by atoms with Gasteiger partial charge in [0, 0.05) is 28.4 Å². The van der Waals surface area contributed by atoms with Gasteiger partial charge in [0.25, 0.3) is 5.91 Å². The van der Waals surface area contributed by atoms with Gasteiger partial charge in [-0.05, 0) is 81.5 Å². The first kappa shape index (κ1) is 20.5. The third-order valence-corrected chi connectivity index (χ3v) is 7.12. The Labute approximate surface area is 187 Å². The summed E-state index contributed by atoms with van der Waals surface area (Å²) in [7, 11) is 0. The van der Waals surface area contributed by atoms with Crippen LogP contribution in [-0.4, -0.2) is 28.1 Å². The maximum Gasteiger partial charge on any atom is 0.414 e. The van der Waals surface area contributed by atoms with Crippen LogP contribution in [0.25, 0.3) is 0 Å². The number of carbonyl (C=O) groups excluding carboxylic acids is 2. The molecule has 1 heterocycles. The molecule has 2 unspecified atom stereocenters. The van der Waals surface area contributed by atoms with E-state index in [1.807, 2.05) is 19.1 Å². The molecule has 1 aromatic heterocycles. The number of amides is 2. The maximum atomic E-state index is 13.1. The highest BCUT2D eigenvalue weighted by Crippen LogP contribution is 2.57. The summed E-state index contributed by atoms with van der Waals surface area (Å²) < 4.78 is 5.46. The molecule has 164 valence electrons. The number of nitrogens with one attached hydrogen (secondary N) is 2. The SMILES string of the molecule is Cc1cccc(OC(=O)NC23CC4CC(C2)CC(NC(=O)c2cccc(C#N)c2)(C4)C3)n1. The van der Waals surface area contributed by atoms with Gasteiger partial charge in [-0.1, -0.05) is 12.1 Å². The monoisotopic (exact) mass is 430 g/mol. The summed E-state index contributed by atoms with van der Waals surface area (Å²) in [5, 5.41) is 15.6. The van der Waals surface area contributed by atoms with E-state index in [2.05, 4.69) is 21.7 Å². The zero-order valence-corrected chi connectivity index (χ0v) is 18.1. The van der Waals surface area contributed by atoms with Crippen molar-refractivity contribution >= 4 is 12.0 Å². The van der Waals surface area contributed by atoms with Crippen molar-refractivity contribution in [3.8, 4) is 11.9 Å². The van der Waals surface area contributed by atoms with Crippen molar-refractivity contribution in [3.05, 3.63) is 59.3 Å². The molecule has 4 bridgehead atoms. The van der Waals surface area contributed by atoms with E-state index in [9.17, 15) is 9.59 Å². The summed E-state index contributed by atoms with van der Waals surface area (Å²) in [5.74, 6) is 1.04. The Bertz CT molecular complexity index is 1110. The fourth-order valence-electron chi connectivity index (χ4n) is 6.51. The summed E-state index contributed by atoms with van der Waals surface area (Å²) in [6.07, 6.45) is 4.99. The summed E-state index contributed by atoms with van der Waals surface area (Å²) in [6, 6.07) is 14.2. The smallest absolute Gasteiger partial charge is 0.391 e.